The zero-order valence-corrected chi connectivity index (χ0v) is 18.6. The summed E-state index contributed by atoms with van der Waals surface area (Å²) < 4.78 is 33.0. The highest BCUT2D eigenvalue weighted by molar-refractivity contribution is 7.92. The van der Waals surface area contributed by atoms with Gasteiger partial charge in [-0.3, -0.25) is 9.10 Å². The SMILES string of the molecule is COc1ccc([C@H](C)NC(=O)CN(c2ccccc2)S(=O)(=O)c2ccc(C)cc2)cc1. The van der Waals surface area contributed by atoms with Gasteiger partial charge in [-0.2, -0.15) is 0 Å². The van der Waals surface area contributed by atoms with Crippen LogP contribution in [0.3, 0.4) is 0 Å². The molecular weight excluding hydrogens is 412 g/mol. The van der Waals surface area contributed by atoms with Gasteiger partial charge in [0.25, 0.3) is 10.0 Å². The van der Waals surface area contributed by atoms with Gasteiger partial charge in [0.1, 0.15) is 12.3 Å². The van der Waals surface area contributed by atoms with E-state index >= 15 is 0 Å². The van der Waals surface area contributed by atoms with E-state index in [-0.39, 0.29) is 17.5 Å². The predicted molar refractivity (Wildman–Crippen MR) is 122 cm³/mol. The van der Waals surface area contributed by atoms with Crippen LogP contribution >= 0.6 is 0 Å². The second kappa shape index (κ2) is 9.66. The Morgan fingerprint density at radius 2 is 1.58 bits per heavy atom. The maximum atomic E-state index is 13.3. The van der Waals surface area contributed by atoms with Gasteiger partial charge in [-0.25, -0.2) is 8.42 Å². The lowest BCUT2D eigenvalue weighted by molar-refractivity contribution is -0.120. The van der Waals surface area contributed by atoms with Crippen molar-refractivity contribution in [3.05, 3.63) is 90.0 Å². The Morgan fingerprint density at radius 1 is 0.968 bits per heavy atom. The third kappa shape index (κ3) is 5.44. The number of rotatable bonds is 8. The van der Waals surface area contributed by atoms with E-state index < -0.39 is 15.9 Å². The molecule has 0 radical (unpaired) electrons. The van der Waals surface area contributed by atoms with Crippen LogP contribution in [0.2, 0.25) is 0 Å². The minimum Gasteiger partial charge on any atom is -0.497 e. The summed E-state index contributed by atoms with van der Waals surface area (Å²) in [5.41, 5.74) is 2.27. The Kier molecular flexibility index (Phi) is 6.97. The number of nitrogens with zero attached hydrogens (tertiary/aromatic N) is 1. The molecule has 1 N–H and O–H groups in total. The van der Waals surface area contributed by atoms with Crippen LogP contribution < -0.4 is 14.4 Å². The average molecular weight is 439 g/mol. The smallest absolute Gasteiger partial charge is 0.264 e. The lowest BCUT2D eigenvalue weighted by Crippen LogP contribution is -2.41. The molecule has 31 heavy (non-hydrogen) atoms. The van der Waals surface area contributed by atoms with E-state index in [2.05, 4.69) is 5.32 Å². The standard InChI is InChI=1S/C24H26N2O4S/c1-18-9-15-23(16-10-18)31(28,29)26(21-7-5-4-6-8-21)17-24(27)25-19(2)20-11-13-22(30-3)14-12-20/h4-16,19H,17H2,1-3H3,(H,25,27)/t19-/m0/s1. The van der Waals surface area contributed by atoms with E-state index in [1.54, 1.807) is 61.7 Å². The van der Waals surface area contributed by atoms with Crippen LogP contribution in [0.4, 0.5) is 5.69 Å². The molecule has 6 nitrogen and oxygen atoms in total. The van der Waals surface area contributed by atoms with Gasteiger partial charge >= 0.3 is 0 Å². The number of nitrogens with one attached hydrogen (secondary N) is 1. The normalized spacial score (nSPS) is 12.1. The Bertz CT molecular complexity index is 1110. The first-order valence-corrected chi connectivity index (χ1v) is 11.3. The number of carbonyl (C=O) groups excluding carboxylic acids is 1. The molecule has 0 spiro atoms. The largest absolute Gasteiger partial charge is 0.497 e. The van der Waals surface area contributed by atoms with Crippen molar-refractivity contribution in [3.63, 3.8) is 0 Å². The topological polar surface area (TPSA) is 75.7 Å². The zero-order chi connectivity index (χ0) is 22.4. The highest BCUT2D eigenvalue weighted by Gasteiger charge is 2.27. The molecule has 1 atom stereocenters. The Labute approximate surface area is 183 Å². The summed E-state index contributed by atoms with van der Waals surface area (Å²) in [4.78, 5) is 13.0. The molecule has 162 valence electrons. The van der Waals surface area contributed by atoms with E-state index in [1.165, 1.54) is 0 Å². The van der Waals surface area contributed by atoms with Gasteiger partial charge < -0.3 is 10.1 Å². The van der Waals surface area contributed by atoms with Gasteiger partial charge in [-0.1, -0.05) is 48.0 Å². The number of hydrogen-bond donors (Lipinski definition) is 1. The summed E-state index contributed by atoms with van der Waals surface area (Å²) in [6.45, 7) is 3.40. The molecule has 0 saturated heterocycles. The van der Waals surface area contributed by atoms with Crippen molar-refractivity contribution in [3.8, 4) is 5.75 Å². The number of sulfonamides is 1. The third-order valence-corrected chi connectivity index (χ3v) is 6.72. The molecule has 0 aliphatic heterocycles. The summed E-state index contributed by atoms with van der Waals surface area (Å²) >= 11 is 0. The molecule has 3 aromatic rings. The molecule has 0 heterocycles. The van der Waals surface area contributed by atoms with Crippen LogP contribution in [0.5, 0.6) is 5.75 Å². The lowest BCUT2D eigenvalue weighted by atomic mass is 10.1. The van der Waals surface area contributed by atoms with Crippen LogP contribution in [0.25, 0.3) is 0 Å². The first-order chi connectivity index (χ1) is 14.8. The fourth-order valence-corrected chi connectivity index (χ4v) is 4.56. The third-order valence-electron chi connectivity index (χ3n) is 4.93. The number of para-hydroxylation sites is 1. The summed E-state index contributed by atoms with van der Waals surface area (Å²) in [6, 6.07) is 22.3. The zero-order valence-electron chi connectivity index (χ0n) is 17.8. The van der Waals surface area contributed by atoms with Crippen molar-refractivity contribution in [1.29, 1.82) is 0 Å². The van der Waals surface area contributed by atoms with Crippen molar-refractivity contribution in [2.75, 3.05) is 18.0 Å². The summed E-state index contributed by atoms with van der Waals surface area (Å²) in [6.07, 6.45) is 0. The second-order valence-electron chi connectivity index (χ2n) is 7.22. The van der Waals surface area contributed by atoms with Crippen molar-refractivity contribution >= 4 is 21.6 Å². The molecule has 0 aliphatic carbocycles. The van der Waals surface area contributed by atoms with Crippen LogP contribution in [0, 0.1) is 6.92 Å². The van der Waals surface area contributed by atoms with Gasteiger partial charge in [0.05, 0.1) is 23.7 Å². The molecule has 0 fully saturated rings. The van der Waals surface area contributed by atoms with Crippen LogP contribution in [0.15, 0.2) is 83.8 Å². The summed E-state index contributed by atoms with van der Waals surface area (Å²) in [5.74, 6) is 0.324. The highest BCUT2D eigenvalue weighted by atomic mass is 32.2. The van der Waals surface area contributed by atoms with E-state index in [0.717, 1.165) is 21.2 Å². The Morgan fingerprint density at radius 3 is 2.16 bits per heavy atom. The van der Waals surface area contributed by atoms with Crippen LogP contribution in [-0.4, -0.2) is 28.0 Å². The molecule has 0 saturated carbocycles. The monoisotopic (exact) mass is 438 g/mol. The molecule has 0 unspecified atom stereocenters. The average Bonchev–Trinajstić information content (AvgIpc) is 2.78. The molecule has 0 aromatic heterocycles. The van der Waals surface area contributed by atoms with Gasteiger partial charge in [0.15, 0.2) is 0 Å². The van der Waals surface area contributed by atoms with Crippen LogP contribution in [0.1, 0.15) is 24.1 Å². The number of methoxy groups -OCH3 is 1. The molecule has 1 amide bonds. The number of ether oxygens (including phenoxy) is 1. The minimum absolute atomic E-state index is 0.137. The van der Waals surface area contributed by atoms with Gasteiger partial charge in [-0.15, -0.1) is 0 Å². The van der Waals surface area contributed by atoms with Gasteiger partial charge in [0, 0.05) is 0 Å². The maximum absolute atomic E-state index is 13.3. The molecular formula is C24H26N2O4S. The van der Waals surface area contributed by atoms with E-state index in [0.29, 0.717) is 5.69 Å². The summed E-state index contributed by atoms with van der Waals surface area (Å²) in [5, 5.41) is 2.88. The van der Waals surface area contributed by atoms with Crippen molar-refractivity contribution in [1.82, 2.24) is 5.32 Å². The maximum Gasteiger partial charge on any atom is 0.264 e. The molecule has 0 aliphatic rings. The van der Waals surface area contributed by atoms with Crippen molar-refractivity contribution < 1.29 is 17.9 Å². The van der Waals surface area contributed by atoms with Gasteiger partial charge in [0.2, 0.25) is 5.91 Å². The van der Waals surface area contributed by atoms with E-state index in [1.807, 2.05) is 38.1 Å². The number of aryl methyl sites for hydroxylation is 1. The minimum atomic E-state index is -3.92. The highest BCUT2D eigenvalue weighted by Crippen LogP contribution is 2.24. The number of hydrogen-bond acceptors (Lipinski definition) is 4. The summed E-state index contributed by atoms with van der Waals surface area (Å²) in [7, 11) is -2.33. The van der Waals surface area contributed by atoms with Crippen molar-refractivity contribution in [2.24, 2.45) is 0 Å². The first-order valence-electron chi connectivity index (χ1n) is 9.89. The Balaban J connectivity index is 1.83. The molecule has 7 heteroatoms. The molecule has 3 rings (SSSR count). The molecule has 0 bridgehead atoms. The second-order valence-corrected chi connectivity index (χ2v) is 9.08. The van der Waals surface area contributed by atoms with E-state index in [4.69, 9.17) is 4.74 Å². The van der Waals surface area contributed by atoms with Gasteiger partial charge in [-0.05, 0) is 55.8 Å². The van der Waals surface area contributed by atoms with Crippen LogP contribution in [-0.2, 0) is 14.8 Å². The fraction of sp³-hybridized carbons (Fsp3) is 0.208. The molecule has 3 aromatic carbocycles. The van der Waals surface area contributed by atoms with Crippen molar-refractivity contribution in [2.45, 2.75) is 24.8 Å². The Hall–Kier alpha value is -3.32. The van der Waals surface area contributed by atoms with E-state index in [9.17, 15) is 13.2 Å². The number of amides is 1. The fourth-order valence-electron chi connectivity index (χ4n) is 3.14. The lowest BCUT2D eigenvalue weighted by Gasteiger charge is -2.25. The number of anilines is 1. The predicted octanol–water partition coefficient (Wildman–Crippen LogP) is 4.08. The number of benzene rings is 3. The first kappa shape index (κ1) is 22.4. The number of carbonyl (C=O) groups is 1. The quantitative estimate of drug-likeness (QED) is 0.575.